The molecule has 0 aliphatic rings. The lowest BCUT2D eigenvalue weighted by Gasteiger charge is -2.08. The van der Waals surface area contributed by atoms with Crippen LogP contribution < -0.4 is 0 Å². The third-order valence-corrected chi connectivity index (χ3v) is 3.04. The van der Waals surface area contributed by atoms with Gasteiger partial charge in [0.05, 0.1) is 21.8 Å². The zero-order chi connectivity index (χ0) is 11.9. The van der Waals surface area contributed by atoms with Crippen LogP contribution in [0.3, 0.4) is 0 Å². The molecule has 82 valence electrons. The van der Waals surface area contributed by atoms with Crippen LogP contribution in [0.1, 0.15) is 23.0 Å². The second-order valence-corrected chi connectivity index (χ2v) is 4.42. The number of fused-ring (bicyclic) bond motifs is 1. The smallest absolute Gasteiger partial charge is 0.163 e. The Morgan fingerprint density at radius 2 is 2.00 bits per heavy atom. The molecule has 0 aliphatic carbocycles. The SMILES string of the molecule is CC(=O)c1c(C)nc2ccc(Cl)cc2c1Cl. The quantitative estimate of drug-likeness (QED) is 0.718. The Hall–Kier alpha value is -1.12. The average molecular weight is 254 g/mol. The molecule has 0 unspecified atom stereocenters. The second-order valence-electron chi connectivity index (χ2n) is 3.60. The number of ketones is 1. The molecule has 1 heterocycles. The van der Waals surface area contributed by atoms with E-state index in [0.29, 0.717) is 26.7 Å². The Labute approximate surface area is 103 Å². The van der Waals surface area contributed by atoms with Gasteiger partial charge in [0.25, 0.3) is 0 Å². The summed E-state index contributed by atoms with van der Waals surface area (Å²) < 4.78 is 0. The van der Waals surface area contributed by atoms with Crippen molar-refractivity contribution in [1.29, 1.82) is 0 Å². The zero-order valence-corrected chi connectivity index (χ0v) is 10.4. The van der Waals surface area contributed by atoms with Gasteiger partial charge in [0.15, 0.2) is 5.78 Å². The van der Waals surface area contributed by atoms with Gasteiger partial charge in [-0.2, -0.15) is 0 Å². The number of Topliss-reactive ketones (excluding diaryl/α,β-unsaturated/α-hetero) is 1. The largest absolute Gasteiger partial charge is 0.294 e. The van der Waals surface area contributed by atoms with Gasteiger partial charge in [-0.25, -0.2) is 0 Å². The summed E-state index contributed by atoms with van der Waals surface area (Å²) in [5.74, 6) is -0.0862. The van der Waals surface area contributed by atoms with Crippen LogP contribution >= 0.6 is 23.2 Å². The highest BCUT2D eigenvalue weighted by Crippen LogP contribution is 2.30. The van der Waals surface area contributed by atoms with Crippen LogP contribution in [-0.4, -0.2) is 10.8 Å². The van der Waals surface area contributed by atoms with Crippen molar-refractivity contribution in [2.75, 3.05) is 0 Å². The average Bonchev–Trinajstić information content (AvgIpc) is 2.19. The van der Waals surface area contributed by atoms with Crippen molar-refractivity contribution in [2.24, 2.45) is 0 Å². The van der Waals surface area contributed by atoms with Crippen molar-refractivity contribution in [3.05, 3.63) is 39.5 Å². The number of hydrogen-bond donors (Lipinski definition) is 0. The van der Waals surface area contributed by atoms with Gasteiger partial charge < -0.3 is 0 Å². The molecule has 2 nitrogen and oxygen atoms in total. The minimum Gasteiger partial charge on any atom is -0.294 e. The molecule has 0 saturated heterocycles. The van der Waals surface area contributed by atoms with Gasteiger partial charge in [0, 0.05) is 10.4 Å². The van der Waals surface area contributed by atoms with Gasteiger partial charge in [0.2, 0.25) is 0 Å². The number of rotatable bonds is 1. The third-order valence-electron chi connectivity index (χ3n) is 2.42. The molecule has 2 rings (SSSR count). The van der Waals surface area contributed by atoms with Gasteiger partial charge in [-0.3, -0.25) is 9.78 Å². The molecule has 0 saturated carbocycles. The molecule has 16 heavy (non-hydrogen) atoms. The van der Waals surface area contributed by atoms with E-state index in [1.165, 1.54) is 6.92 Å². The summed E-state index contributed by atoms with van der Waals surface area (Å²) in [6, 6.07) is 5.26. The summed E-state index contributed by atoms with van der Waals surface area (Å²) in [5, 5.41) is 1.72. The number of pyridine rings is 1. The molecule has 0 radical (unpaired) electrons. The van der Waals surface area contributed by atoms with E-state index in [2.05, 4.69) is 4.98 Å². The van der Waals surface area contributed by atoms with Crippen molar-refractivity contribution in [3.63, 3.8) is 0 Å². The van der Waals surface area contributed by atoms with Crippen molar-refractivity contribution < 1.29 is 4.79 Å². The van der Waals surface area contributed by atoms with Gasteiger partial charge in [-0.15, -0.1) is 0 Å². The maximum atomic E-state index is 11.5. The predicted octanol–water partition coefficient (Wildman–Crippen LogP) is 4.05. The summed E-state index contributed by atoms with van der Waals surface area (Å²) in [6.45, 7) is 3.25. The molecule has 0 aliphatic heterocycles. The van der Waals surface area contributed by atoms with Crippen molar-refractivity contribution in [3.8, 4) is 0 Å². The summed E-state index contributed by atoms with van der Waals surface area (Å²) in [4.78, 5) is 15.8. The van der Waals surface area contributed by atoms with Gasteiger partial charge in [-0.1, -0.05) is 23.2 Å². The van der Waals surface area contributed by atoms with Crippen molar-refractivity contribution >= 4 is 39.9 Å². The molecule has 0 amide bonds. The molecule has 0 N–H and O–H groups in total. The van der Waals surface area contributed by atoms with E-state index in [-0.39, 0.29) is 5.78 Å². The highest BCUT2D eigenvalue weighted by Gasteiger charge is 2.14. The van der Waals surface area contributed by atoms with Crippen LogP contribution in [0.2, 0.25) is 10.0 Å². The normalized spacial score (nSPS) is 10.8. The monoisotopic (exact) mass is 253 g/mol. The Balaban J connectivity index is 2.90. The highest BCUT2D eigenvalue weighted by atomic mass is 35.5. The van der Waals surface area contributed by atoms with Crippen LogP contribution in [0.15, 0.2) is 18.2 Å². The number of nitrogens with zero attached hydrogens (tertiary/aromatic N) is 1. The van der Waals surface area contributed by atoms with Crippen LogP contribution in [0.25, 0.3) is 10.9 Å². The van der Waals surface area contributed by atoms with Gasteiger partial charge >= 0.3 is 0 Å². The van der Waals surface area contributed by atoms with Crippen molar-refractivity contribution in [2.45, 2.75) is 13.8 Å². The number of carbonyl (C=O) groups excluding carboxylic acids is 1. The fourth-order valence-electron chi connectivity index (χ4n) is 1.72. The summed E-state index contributed by atoms with van der Waals surface area (Å²) in [5.41, 5.74) is 1.86. The minimum atomic E-state index is -0.0862. The minimum absolute atomic E-state index is 0.0862. The predicted molar refractivity (Wildman–Crippen MR) is 66.5 cm³/mol. The highest BCUT2D eigenvalue weighted by molar-refractivity contribution is 6.39. The van der Waals surface area contributed by atoms with E-state index in [4.69, 9.17) is 23.2 Å². The van der Waals surface area contributed by atoms with E-state index in [1.54, 1.807) is 25.1 Å². The zero-order valence-electron chi connectivity index (χ0n) is 8.84. The van der Waals surface area contributed by atoms with E-state index in [9.17, 15) is 4.79 Å². The van der Waals surface area contributed by atoms with E-state index >= 15 is 0 Å². The Bertz CT molecular complexity index is 593. The molecule has 0 fully saturated rings. The maximum absolute atomic E-state index is 11.5. The molecule has 4 heteroatoms. The van der Waals surface area contributed by atoms with Crippen LogP contribution in [-0.2, 0) is 0 Å². The standard InChI is InChI=1S/C12H9Cl2NO/c1-6-11(7(2)16)12(14)9-5-8(13)3-4-10(9)15-6/h3-5H,1-2H3. The Morgan fingerprint density at radius 1 is 1.31 bits per heavy atom. The van der Waals surface area contributed by atoms with Crippen LogP contribution in [0.4, 0.5) is 0 Å². The number of halogens is 2. The number of hydrogen-bond acceptors (Lipinski definition) is 2. The molecular weight excluding hydrogens is 245 g/mol. The fourth-order valence-corrected chi connectivity index (χ4v) is 2.31. The summed E-state index contributed by atoms with van der Waals surface area (Å²) in [7, 11) is 0. The number of benzene rings is 1. The number of aromatic nitrogens is 1. The lowest BCUT2D eigenvalue weighted by Crippen LogP contribution is -2.01. The Kier molecular flexibility index (Phi) is 2.87. The van der Waals surface area contributed by atoms with E-state index in [0.717, 1.165) is 5.52 Å². The summed E-state index contributed by atoms with van der Waals surface area (Å²) in [6.07, 6.45) is 0. The van der Waals surface area contributed by atoms with Crippen molar-refractivity contribution in [1.82, 2.24) is 4.98 Å². The second kappa shape index (κ2) is 4.04. The first kappa shape index (κ1) is 11.4. The lowest BCUT2D eigenvalue weighted by atomic mass is 10.1. The fraction of sp³-hybridized carbons (Fsp3) is 0.167. The topological polar surface area (TPSA) is 30.0 Å². The van der Waals surface area contributed by atoms with Gasteiger partial charge in [0.1, 0.15) is 0 Å². The first-order valence-corrected chi connectivity index (χ1v) is 5.52. The van der Waals surface area contributed by atoms with Crippen LogP contribution in [0.5, 0.6) is 0 Å². The molecule has 1 aromatic heterocycles. The molecule has 0 atom stereocenters. The molecular formula is C12H9Cl2NO. The van der Waals surface area contributed by atoms with Crippen LogP contribution in [0, 0.1) is 6.92 Å². The Morgan fingerprint density at radius 3 is 2.62 bits per heavy atom. The summed E-state index contributed by atoms with van der Waals surface area (Å²) >= 11 is 12.1. The number of carbonyl (C=O) groups is 1. The first-order chi connectivity index (χ1) is 7.50. The number of aryl methyl sites for hydroxylation is 1. The molecule has 0 spiro atoms. The first-order valence-electron chi connectivity index (χ1n) is 4.77. The maximum Gasteiger partial charge on any atom is 0.163 e. The third kappa shape index (κ3) is 1.79. The van der Waals surface area contributed by atoms with E-state index in [1.807, 2.05) is 0 Å². The lowest BCUT2D eigenvalue weighted by molar-refractivity contribution is 0.101. The molecule has 1 aromatic carbocycles. The van der Waals surface area contributed by atoms with E-state index < -0.39 is 0 Å². The molecule has 0 bridgehead atoms. The van der Waals surface area contributed by atoms with Gasteiger partial charge in [-0.05, 0) is 32.0 Å². The molecule has 2 aromatic rings.